The van der Waals surface area contributed by atoms with E-state index in [4.69, 9.17) is 5.73 Å². The molecule has 0 amide bonds. The fourth-order valence-corrected chi connectivity index (χ4v) is 4.46. The van der Waals surface area contributed by atoms with E-state index in [1.165, 1.54) is 42.4 Å². The second-order valence-corrected chi connectivity index (χ2v) is 6.60. The van der Waals surface area contributed by atoms with Crippen LogP contribution in [0.4, 0.5) is 0 Å². The fourth-order valence-electron chi connectivity index (χ4n) is 4.46. The van der Waals surface area contributed by atoms with E-state index in [9.17, 15) is 0 Å². The van der Waals surface area contributed by atoms with E-state index in [2.05, 4.69) is 32.0 Å². The maximum atomic E-state index is 6.69. The molecule has 0 radical (unpaired) electrons. The third-order valence-electron chi connectivity index (χ3n) is 5.61. The first kappa shape index (κ1) is 13.2. The third-order valence-corrected chi connectivity index (χ3v) is 5.61. The van der Waals surface area contributed by atoms with E-state index >= 15 is 0 Å². The topological polar surface area (TPSA) is 26.0 Å². The highest BCUT2D eigenvalue weighted by Crippen LogP contribution is 2.52. The highest BCUT2D eigenvalue weighted by Gasteiger charge is 2.42. The summed E-state index contributed by atoms with van der Waals surface area (Å²) in [4.78, 5) is 0. The Hall–Kier alpha value is -0.820. The standard InChI is InChI=1S/C18H27N/c1-3-12-5-7-14(4-2)16(10-12)18(19)17-11-13-6-8-15(17)9-13/h5,7,10,13,15,17-18H,3-4,6,8-9,11,19H2,1-2H3. The van der Waals surface area contributed by atoms with Gasteiger partial charge in [-0.15, -0.1) is 0 Å². The largest absolute Gasteiger partial charge is 0.324 e. The van der Waals surface area contributed by atoms with E-state index < -0.39 is 0 Å². The summed E-state index contributed by atoms with van der Waals surface area (Å²) in [6, 6.07) is 7.24. The van der Waals surface area contributed by atoms with Crippen LogP contribution >= 0.6 is 0 Å². The van der Waals surface area contributed by atoms with Gasteiger partial charge in [0.25, 0.3) is 0 Å². The van der Waals surface area contributed by atoms with Gasteiger partial charge in [-0.05, 0) is 66.5 Å². The highest BCUT2D eigenvalue weighted by atomic mass is 14.7. The van der Waals surface area contributed by atoms with Gasteiger partial charge >= 0.3 is 0 Å². The van der Waals surface area contributed by atoms with Gasteiger partial charge in [-0.1, -0.05) is 38.5 Å². The SMILES string of the molecule is CCc1ccc(CC)c(C(N)C2CC3CCC2C3)c1. The molecular formula is C18H27N. The van der Waals surface area contributed by atoms with E-state index in [1.807, 2.05) is 0 Å². The Morgan fingerprint density at radius 2 is 2.00 bits per heavy atom. The number of aryl methyl sites for hydroxylation is 2. The molecule has 2 aliphatic rings. The lowest BCUT2D eigenvalue weighted by molar-refractivity contribution is 0.283. The number of hydrogen-bond donors (Lipinski definition) is 1. The van der Waals surface area contributed by atoms with E-state index in [0.29, 0.717) is 0 Å². The summed E-state index contributed by atoms with van der Waals surface area (Å²) in [6.45, 7) is 4.48. The van der Waals surface area contributed by atoms with Gasteiger partial charge in [0.05, 0.1) is 0 Å². The first-order chi connectivity index (χ1) is 9.22. The lowest BCUT2D eigenvalue weighted by Gasteiger charge is -2.29. The lowest BCUT2D eigenvalue weighted by atomic mass is 9.79. The molecule has 4 atom stereocenters. The quantitative estimate of drug-likeness (QED) is 0.857. The second-order valence-electron chi connectivity index (χ2n) is 6.60. The normalized spacial score (nSPS) is 30.8. The fraction of sp³-hybridized carbons (Fsp3) is 0.667. The summed E-state index contributed by atoms with van der Waals surface area (Å²) in [5.74, 6) is 2.65. The minimum absolute atomic E-state index is 0.275. The van der Waals surface area contributed by atoms with Gasteiger partial charge in [-0.2, -0.15) is 0 Å². The van der Waals surface area contributed by atoms with Crippen LogP contribution in [-0.4, -0.2) is 0 Å². The number of hydrogen-bond acceptors (Lipinski definition) is 1. The maximum Gasteiger partial charge on any atom is 0.0329 e. The zero-order valence-corrected chi connectivity index (χ0v) is 12.4. The molecule has 3 rings (SSSR count). The van der Waals surface area contributed by atoms with E-state index in [1.54, 1.807) is 0 Å². The summed E-state index contributed by atoms with van der Waals surface area (Å²) in [6.07, 6.45) is 7.94. The molecule has 0 saturated heterocycles. The summed E-state index contributed by atoms with van der Waals surface area (Å²) in [5, 5.41) is 0. The van der Waals surface area contributed by atoms with Gasteiger partial charge in [0.1, 0.15) is 0 Å². The predicted molar refractivity (Wildman–Crippen MR) is 81.1 cm³/mol. The van der Waals surface area contributed by atoms with Crippen molar-refractivity contribution in [2.24, 2.45) is 23.5 Å². The number of rotatable bonds is 4. The number of nitrogens with two attached hydrogens (primary N) is 1. The smallest absolute Gasteiger partial charge is 0.0329 e. The summed E-state index contributed by atoms with van der Waals surface area (Å²) < 4.78 is 0. The molecule has 1 aromatic rings. The van der Waals surface area contributed by atoms with E-state index in [0.717, 1.165) is 30.6 Å². The van der Waals surface area contributed by atoms with Crippen molar-refractivity contribution in [1.82, 2.24) is 0 Å². The summed E-state index contributed by atoms with van der Waals surface area (Å²) in [7, 11) is 0. The molecule has 2 saturated carbocycles. The molecule has 2 fully saturated rings. The first-order valence-electron chi connectivity index (χ1n) is 8.10. The Bertz CT molecular complexity index is 451. The van der Waals surface area contributed by atoms with Crippen molar-refractivity contribution in [3.8, 4) is 0 Å². The molecular weight excluding hydrogens is 230 g/mol. The molecule has 104 valence electrons. The number of benzene rings is 1. The van der Waals surface area contributed by atoms with Gasteiger partial charge in [0.2, 0.25) is 0 Å². The molecule has 0 heterocycles. The monoisotopic (exact) mass is 257 g/mol. The molecule has 2 N–H and O–H groups in total. The number of fused-ring (bicyclic) bond motifs is 2. The molecule has 1 aromatic carbocycles. The predicted octanol–water partition coefficient (Wildman–Crippen LogP) is 4.25. The van der Waals surface area contributed by atoms with Crippen molar-refractivity contribution < 1.29 is 0 Å². The second kappa shape index (κ2) is 5.28. The Balaban J connectivity index is 1.87. The minimum atomic E-state index is 0.275. The van der Waals surface area contributed by atoms with Crippen molar-refractivity contribution >= 4 is 0 Å². The van der Waals surface area contributed by atoms with Crippen molar-refractivity contribution in [2.45, 2.75) is 58.4 Å². The molecule has 4 unspecified atom stereocenters. The van der Waals surface area contributed by atoms with Gasteiger partial charge in [-0.3, -0.25) is 0 Å². The average Bonchev–Trinajstić information content (AvgIpc) is 3.08. The van der Waals surface area contributed by atoms with Crippen LogP contribution in [0.2, 0.25) is 0 Å². The van der Waals surface area contributed by atoms with Crippen molar-refractivity contribution in [3.63, 3.8) is 0 Å². The van der Waals surface area contributed by atoms with Gasteiger partial charge < -0.3 is 5.73 Å². The zero-order valence-electron chi connectivity index (χ0n) is 12.4. The van der Waals surface area contributed by atoms with Crippen LogP contribution in [0.1, 0.15) is 62.3 Å². The van der Waals surface area contributed by atoms with Crippen LogP contribution in [0, 0.1) is 17.8 Å². The van der Waals surface area contributed by atoms with Gasteiger partial charge in [0, 0.05) is 6.04 Å². The van der Waals surface area contributed by atoms with Crippen molar-refractivity contribution in [3.05, 3.63) is 34.9 Å². The highest BCUT2D eigenvalue weighted by molar-refractivity contribution is 5.35. The van der Waals surface area contributed by atoms with Gasteiger partial charge in [0.15, 0.2) is 0 Å². The van der Waals surface area contributed by atoms with Crippen LogP contribution in [-0.2, 0) is 12.8 Å². The average molecular weight is 257 g/mol. The molecule has 0 aliphatic heterocycles. The zero-order chi connectivity index (χ0) is 13.4. The minimum Gasteiger partial charge on any atom is -0.324 e. The molecule has 2 bridgehead atoms. The first-order valence-corrected chi connectivity index (χ1v) is 8.10. The molecule has 1 heteroatoms. The Kier molecular flexibility index (Phi) is 3.66. The van der Waals surface area contributed by atoms with Crippen LogP contribution in [0.15, 0.2) is 18.2 Å². The van der Waals surface area contributed by atoms with Crippen LogP contribution in [0.3, 0.4) is 0 Å². The van der Waals surface area contributed by atoms with Crippen molar-refractivity contribution in [1.29, 1.82) is 0 Å². The van der Waals surface area contributed by atoms with Crippen molar-refractivity contribution in [2.75, 3.05) is 0 Å². The van der Waals surface area contributed by atoms with Crippen LogP contribution in [0.5, 0.6) is 0 Å². The van der Waals surface area contributed by atoms with Gasteiger partial charge in [-0.25, -0.2) is 0 Å². The Morgan fingerprint density at radius 1 is 1.16 bits per heavy atom. The molecule has 0 aromatic heterocycles. The summed E-state index contributed by atoms with van der Waals surface area (Å²) >= 11 is 0. The Morgan fingerprint density at radius 3 is 2.58 bits per heavy atom. The molecule has 0 spiro atoms. The summed E-state index contributed by atoms with van der Waals surface area (Å²) in [5.41, 5.74) is 11.0. The molecule has 2 aliphatic carbocycles. The van der Waals surface area contributed by atoms with E-state index in [-0.39, 0.29) is 6.04 Å². The van der Waals surface area contributed by atoms with Crippen LogP contribution in [0.25, 0.3) is 0 Å². The molecule has 19 heavy (non-hydrogen) atoms. The third kappa shape index (κ3) is 2.33. The maximum absolute atomic E-state index is 6.69. The van der Waals surface area contributed by atoms with Crippen LogP contribution < -0.4 is 5.73 Å². The lowest BCUT2D eigenvalue weighted by Crippen LogP contribution is -2.27. The Labute approximate surface area is 117 Å². The molecule has 1 nitrogen and oxygen atoms in total.